The molecule has 0 amide bonds. The Balaban J connectivity index is 2.17. The lowest BCUT2D eigenvalue weighted by molar-refractivity contribution is 0.412. The molecule has 0 saturated heterocycles. The van der Waals surface area contributed by atoms with Crippen LogP contribution in [0.3, 0.4) is 0 Å². The lowest BCUT2D eigenvalue weighted by atomic mass is 10.1. The van der Waals surface area contributed by atoms with E-state index >= 15 is 0 Å². The van der Waals surface area contributed by atoms with Crippen molar-refractivity contribution in [2.45, 2.75) is 13.5 Å². The van der Waals surface area contributed by atoms with E-state index in [1.165, 1.54) is 0 Å². The van der Waals surface area contributed by atoms with Gasteiger partial charge < -0.3 is 14.0 Å². The number of ether oxygens (including phenoxy) is 2. The fourth-order valence-electron chi connectivity index (χ4n) is 2.78. The molecule has 2 aromatic carbocycles. The maximum absolute atomic E-state index is 12.6. The van der Waals surface area contributed by atoms with Crippen LogP contribution in [-0.2, 0) is 6.54 Å². The second kappa shape index (κ2) is 6.69. The molecule has 0 unspecified atom stereocenters. The van der Waals surface area contributed by atoms with Crippen LogP contribution in [0, 0.1) is 6.92 Å². The molecule has 0 saturated carbocycles. The van der Waals surface area contributed by atoms with Gasteiger partial charge in [0.1, 0.15) is 11.5 Å². The minimum Gasteiger partial charge on any atom is -0.497 e. The predicted molar refractivity (Wildman–Crippen MR) is 99.3 cm³/mol. The van der Waals surface area contributed by atoms with Crippen LogP contribution in [0.5, 0.6) is 11.5 Å². The largest absolute Gasteiger partial charge is 0.497 e. The molecule has 3 rings (SSSR count). The van der Waals surface area contributed by atoms with Crippen molar-refractivity contribution < 1.29 is 9.47 Å². The van der Waals surface area contributed by atoms with E-state index in [4.69, 9.17) is 9.47 Å². The molecule has 0 spiro atoms. The lowest BCUT2D eigenvalue weighted by Crippen LogP contribution is -2.21. The van der Waals surface area contributed by atoms with E-state index in [1.807, 2.05) is 49.4 Å². The summed E-state index contributed by atoms with van der Waals surface area (Å²) in [5.41, 5.74) is 2.84. The molecule has 0 aliphatic carbocycles. The zero-order chi connectivity index (χ0) is 17.3. The second-order valence-electron chi connectivity index (χ2n) is 5.61. The summed E-state index contributed by atoms with van der Waals surface area (Å²) >= 11 is 3.38. The van der Waals surface area contributed by atoms with Gasteiger partial charge in [-0.1, -0.05) is 12.1 Å². The number of hydrogen-bond acceptors (Lipinski definition) is 3. The van der Waals surface area contributed by atoms with Gasteiger partial charge in [0.05, 0.1) is 30.8 Å². The maximum Gasteiger partial charge on any atom is 0.265 e. The van der Waals surface area contributed by atoms with Crippen molar-refractivity contribution in [3.63, 3.8) is 0 Å². The third-order valence-electron chi connectivity index (χ3n) is 4.07. The molecule has 24 heavy (non-hydrogen) atoms. The number of aryl methyl sites for hydroxylation is 1. The first kappa shape index (κ1) is 16.6. The average molecular weight is 388 g/mol. The van der Waals surface area contributed by atoms with E-state index in [0.717, 1.165) is 33.5 Å². The highest BCUT2D eigenvalue weighted by Gasteiger charge is 2.11. The Kier molecular flexibility index (Phi) is 4.62. The van der Waals surface area contributed by atoms with Crippen LogP contribution in [0.1, 0.15) is 11.1 Å². The maximum atomic E-state index is 12.6. The smallest absolute Gasteiger partial charge is 0.265 e. The predicted octanol–water partition coefficient (Wildman–Crippen LogP) is 4.14. The molecular weight excluding hydrogens is 370 g/mol. The van der Waals surface area contributed by atoms with E-state index in [2.05, 4.69) is 15.9 Å². The molecule has 0 aliphatic heterocycles. The van der Waals surface area contributed by atoms with Crippen LogP contribution in [0.2, 0.25) is 0 Å². The summed E-state index contributed by atoms with van der Waals surface area (Å²) in [4.78, 5) is 12.6. The summed E-state index contributed by atoms with van der Waals surface area (Å²) in [7, 11) is 3.27. The Morgan fingerprint density at radius 2 is 1.75 bits per heavy atom. The summed E-state index contributed by atoms with van der Waals surface area (Å²) in [5.74, 6) is 1.56. The first-order valence-electron chi connectivity index (χ1n) is 7.54. The molecule has 0 bridgehead atoms. The molecule has 0 atom stereocenters. The minimum absolute atomic E-state index is 0.0655. The van der Waals surface area contributed by atoms with Gasteiger partial charge in [0.15, 0.2) is 0 Å². The zero-order valence-electron chi connectivity index (χ0n) is 13.8. The number of methoxy groups -OCH3 is 2. The topological polar surface area (TPSA) is 40.5 Å². The Hall–Kier alpha value is -2.27. The molecule has 1 heterocycles. The van der Waals surface area contributed by atoms with Crippen molar-refractivity contribution in [1.29, 1.82) is 0 Å². The van der Waals surface area contributed by atoms with Crippen molar-refractivity contribution in [3.05, 3.63) is 68.4 Å². The Morgan fingerprint density at radius 1 is 1.04 bits per heavy atom. The van der Waals surface area contributed by atoms with Crippen LogP contribution in [0.4, 0.5) is 0 Å². The molecule has 0 fully saturated rings. The van der Waals surface area contributed by atoms with E-state index in [9.17, 15) is 4.79 Å². The van der Waals surface area contributed by atoms with E-state index in [0.29, 0.717) is 11.0 Å². The van der Waals surface area contributed by atoms with Crippen LogP contribution >= 0.6 is 15.9 Å². The number of rotatable bonds is 4. The van der Waals surface area contributed by atoms with Crippen molar-refractivity contribution in [1.82, 2.24) is 4.57 Å². The number of pyridine rings is 1. The van der Waals surface area contributed by atoms with Crippen LogP contribution < -0.4 is 15.0 Å². The highest BCUT2D eigenvalue weighted by molar-refractivity contribution is 9.10. The second-order valence-corrected chi connectivity index (χ2v) is 6.47. The van der Waals surface area contributed by atoms with Crippen molar-refractivity contribution in [3.8, 4) is 11.5 Å². The summed E-state index contributed by atoms with van der Waals surface area (Å²) in [5, 5.41) is 0.994. The zero-order valence-corrected chi connectivity index (χ0v) is 15.4. The summed E-state index contributed by atoms with van der Waals surface area (Å²) < 4.78 is 12.9. The number of halogens is 1. The summed E-state index contributed by atoms with van der Waals surface area (Å²) in [6, 6.07) is 13.5. The van der Waals surface area contributed by atoms with E-state index in [1.54, 1.807) is 18.8 Å². The van der Waals surface area contributed by atoms with Crippen molar-refractivity contribution >= 4 is 26.8 Å². The van der Waals surface area contributed by atoms with Gasteiger partial charge in [-0.25, -0.2) is 0 Å². The molecule has 0 radical (unpaired) electrons. The van der Waals surface area contributed by atoms with Crippen molar-refractivity contribution in [2.75, 3.05) is 14.2 Å². The lowest BCUT2D eigenvalue weighted by Gasteiger charge is -2.14. The molecular formula is C19H18BrNO3. The summed E-state index contributed by atoms with van der Waals surface area (Å²) in [6.07, 6.45) is 0. The van der Waals surface area contributed by atoms with Gasteiger partial charge in [-0.2, -0.15) is 0 Å². The van der Waals surface area contributed by atoms with Gasteiger partial charge in [0.2, 0.25) is 0 Å². The fraction of sp³-hybridized carbons (Fsp3) is 0.211. The third kappa shape index (κ3) is 3.04. The third-order valence-corrected chi connectivity index (χ3v) is 4.63. The standard InChI is InChI=1S/C19H18BrNO3/c1-12-8-14-9-16(20)19(22)21(17(14)10-18(12)24-3)11-13-4-6-15(23-2)7-5-13/h4-10H,11H2,1-3H3. The first-order valence-corrected chi connectivity index (χ1v) is 8.33. The average Bonchev–Trinajstić information content (AvgIpc) is 2.59. The Bertz CT molecular complexity index is 945. The number of hydrogen-bond donors (Lipinski definition) is 0. The Labute approximate surface area is 148 Å². The number of benzene rings is 2. The highest BCUT2D eigenvalue weighted by atomic mass is 79.9. The molecule has 1 aromatic heterocycles. The normalized spacial score (nSPS) is 10.8. The monoisotopic (exact) mass is 387 g/mol. The molecule has 4 nitrogen and oxygen atoms in total. The van der Waals surface area contributed by atoms with Gasteiger partial charge in [-0.15, -0.1) is 0 Å². The van der Waals surface area contributed by atoms with Crippen molar-refractivity contribution in [2.24, 2.45) is 0 Å². The molecule has 124 valence electrons. The molecule has 5 heteroatoms. The van der Waals surface area contributed by atoms with Gasteiger partial charge >= 0.3 is 0 Å². The summed E-state index contributed by atoms with van der Waals surface area (Å²) in [6.45, 7) is 2.47. The van der Waals surface area contributed by atoms with Gasteiger partial charge in [0.25, 0.3) is 5.56 Å². The number of nitrogens with zero attached hydrogens (tertiary/aromatic N) is 1. The number of fused-ring (bicyclic) bond motifs is 1. The fourth-order valence-corrected chi connectivity index (χ4v) is 3.24. The van der Waals surface area contributed by atoms with E-state index < -0.39 is 0 Å². The van der Waals surface area contributed by atoms with Gasteiger partial charge in [-0.05, 0) is 58.2 Å². The first-order chi connectivity index (χ1) is 11.5. The van der Waals surface area contributed by atoms with Crippen LogP contribution in [-0.4, -0.2) is 18.8 Å². The highest BCUT2D eigenvalue weighted by Crippen LogP contribution is 2.26. The van der Waals surface area contributed by atoms with Gasteiger partial charge in [0, 0.05) is 11.5 Å². The molecule has 3 aromatic rings. The quantitative estimate of drug-likeness (QED) is 0.675. The molecule has 0 N–H and O–H groups in total. The minimum atomic E-state index is -0.0655. The molecule has 0 aliphatic rings. The van der Waals surface area contributed by atoms with Crippen LogP contribution in [0.15, 0.2) is 51.7 Å². The van der Waals surface area contributed by atoms with Crippen LogP contribution in [0.25, 0.3) is 10.9 Å². The Morgan fingerprint density at radius 3 is 2.38 bits per heavy atom. The van der Waals surface area contributed by atoms with Gasteiger partial charge in [-0.3, -0.25) is 4.79 Å². The number of aromatic nitrogens is 1. The van der Waals surface area contributed by atoms with E-state index in [-0.39, 0.29) is 5.56 Å². The SMILES string of the molecule is COc1ccc(Cn2c(=O)c(Br)cc3cc(C)c(OC)cc32)cc1.